The number of hydrogen-bond donors (Lipinski definition) is 1. The number of thiazole rings is 1. The van der Waals surface area contributed by atoms with Crippen molar-refractivity contribution in [3.63, 3.8) is 0 Å². The second-order valence-electron chi connectivity index (χ2n) is 9.52. The number of nitrogens with zero attached hydrogens (tertiary/aromatic N) is 3. The Labute approximate surface area is 230 Å². The van der Waals surface area contributed by atoms with Gasteiger partial charge in [0.05, 0.1) is 16.8 Å². The zero-order valence-electron chi connectivity index (χ0n) is 21.4. The van der Waals surface area contributed by atoms with E-state index in [4.69, 9.17) is 9.72 Å². The largest absolute Gasteiger partial charge is 0.452 e. The molecule has 5 aromatic rings. The van der Waals surface area contributed by atoms with Crippen molar-refractivity contribution in [3.8, 4) is 22.4 Å². The molecule has 1 N–H and O–H groups in total. The van der Waals surface area contributed by atoms with Crippen LogP contribution in [-0.2, 0) is 22.5 Å². The maximum atomic E-state index is 13.3. The molecule has 0 bridgehead atoms. The van der Waals surface area contributed by atoms with Gasteiger partial charge < -0.3 is 9.64 Å². The van der Waals surface area contributed by atoms with Gasteiger partial charge in [0.1, 0.15) is 0 Å². The van der Waals surface area contributed by atoms with Gasteiger partial charge in [-0.1, -0.05) is 72.8 Å². The molecule has 1 aliphatic rings. The lowest BCUT2D eigenvalue weighted by atomic mass is 9.96. The summed E-state index contributed by atoms with van der Waals surface area (Å²) in [5.74, 6) is -0.957. The SMILES string of the molecule is CN1CCc2nc3ccccc3c(C(=O)OCC(=O)Nc3nc(-c4ccc(-c5ccccc5)cc4)cs3)c2C1. The number of carbonyl (C=O) groups is 2. The highest BCUT2D eigenvalue weighted by Crippen LogP contribution is 2.29. The van der Waals surface area contributed by atoms with Crippen molar-refractivity contribution in [1.82, 2.24) is 14.9 Å². The normalized spacial score (nSPS) is 13.2. The summed E-state index contributed by atoms with van der Waals surface area (Å²) in [6, 6.07) is 25.9. The van der Waals surface area contributed by atoms with Crippen LogP contribution in [-0.4, -0.2) is 46.9 Å². The summed E-state index contributed by atoms with van der Waals surface area (Å²) < 4.78 is 5.50. The van der Waals surface area contributed by atoms with Gasteiger partial charge in [0.25, 0.3) is 5.91 Å². The number of ether oxygens (including phenoxy) is 1. The lowest BCUT2D eigenvalue weighted by molar-refractivity contribution is -0.119. The number of esters is 1. The van der Waals surface area contributed by atoms with Crippen molar-refractivity contribution in [2.75, 3.05) is 25.5 Å². The molecule has 3 heterocycles. The van der Waals surface area contributed by atoms with Crippen molar-refractivity contribution in [1.29, 1.82) is 0 Å². The Morgan fingerprint density at radius 1 is 0.923 bits per heavy atom. The van der Waals surface area contributed by atoms with Crippen LogP contribution in [0.1, 0.15) is 21.6 Å². The highest BCUT2D eigenvalue weighted by molar-refractivity contribution is 7.14. The molecule has 194 valence electrons. The fraction of sp³-hybridized carbons (Fsp3) is 0.161. The average Bonchev–Trinajstić information content (AvgIpc) is 3.43. The van der Waals surface area contributed by atoms with Crippen molar-refractivity contribution in [3.05, 3.63) is 101 Å². The maximum absolute atomic E-state index is 13.3. The number of fused-ring (bicyclic) bond motifs is 2. The Balaban J connectivity index is 1.13. The van der Waals surface area contributed by atoms with Crippen molar-refractivity contribution < 1.29 is 14.3 Å². The van der Waals surface area contributed by atoms with Crippen molar-refractivity contribution >= 4 is 39.2 Å². The molecular weight excluding hydrogens is 508 g/mol. The molecule has 0 spiro atoms. The molecule has 1 amide bonds. The van der Waals surface area contributed by atoms with Crippen LogP contribution in [0.5, 0.6) is 0 Å². The van der Waals surface area contributed by atoms with Gasteiger partial charge >= 0.3 is 5.97 Å². The Morgan fingerprint density at radius 2 is 1.64 bits per heavy atom. The molecule has 0 radical (unpaired) electrons. The van der Waals surface area contributed by atoms with Crippen LogP contribution in [0.3, 0.4) is 0 Å². The predicted octanol–water partition coefficient (Wildman–Crippen LogP) is 5.81. The van der Waals surface area contributed by atoms with E-state index in [-0.39, 0.29) is 0 Å². The molecular formula is C31H26N4O3S. The zero-order valence-corrected chi connectivity index (χ0v) is 22.2. The summed E-state index contributed by atoms with van der Waals surface area (Å²) in [4.78, 5) is 37.4. The van der Waals surface area contributed by atoms with E-state index in [2.05, 4.69) is 39.5 Å². The summed E-state index contributed by atoms with van der Waals surface area (Å²) >= 11 is 1.33. The van der Waals surface area contributed by atoms with Gasteiger partial charge in [0, 0.05) is 47.1 Å². The second kappa shape index (κ2) is 10.8. The number of anilines is 1. The standard InChI is InChI=1S/C31H26N4O3S/c1-35-16-15-26-24(17-35)29(23-9-5-6-10-25(23)32-26)30(37)38-18-28(36)34-31-33-27(19-39-31)22-13-11-21(12-14-22)20-7-3-2-4-8-20/h2-14,19H,15-18H2,1H3,(H,33,34,36). The molecule has 0 aliphatic carbocycles. The number of rotatable bonds is 6. The molecule has 0 saturated carbocycles. The summed E-state index contributed by atoms with van der Waals surface area (Å²) in [6.07, 6.45) is 0.763. The molecule has 3 aromatic carbocycles. The number of nitrogens with one attached hydrogen (secondary N) is 1. The number of carbonyl (C=O) groups excluding carboxylic acids is 2. The van der Waals surface area contributed by atoms with Crippen LogP contribution in [0.25, 0.3) is 33.3 Å². The number of amides is 1. The summed E-state index contributed by atoms with van der Waals surface area (Å²) in [7, 11) is 2.01. The molecule has 0 fully saturated rings. The van der Waals surface area contributed by atoms with Gasteiger partial charge in [-0.05, 0) is 24.2 Å². The molecule has 39 heavy (non-hydrogen) atoms. The van der Waals surface area contributed by atoms with Gasteiger partial charge in [-0.2, -0.15) is 0 Å². The second-order valence-corrected chi connectivity index (χ2v) is 10.4. The number of aromatic nitrogens is 2. The third-order valence-corrected chi connectivity index (χ3v) is 7.57. The first kappa shape index (κ1) is 24.9. The topological polar surface area (TPSA) is 84.4 Å². The number of likely N-dealkylation sites (N-methyl/N-ethyl adjacent to an activating group) is 1. The van der Waals surface area contributed by atoms with E-state index in [1.807, 2.05) is 67.0 Å². The van der Waals surface area contributed by atoms with Crippen LogP contribution < -0.4 is 5.32 Å². The van der Waals surface area contributed by atoms with Crippen LogP contribution >= 0.6 is 11.3 Å². The average molecular weight is 535 g/mol. The third kappa shape index (κ3) is 5.30. The van der Waals surface area contributed by atoms with E-state index < -0.39 is 18.5 Å². The van der Waals surface area contributed by atoms with E-state index in [1.54, 1.807) is 0 Å². The molecule has 0 unspecified atom stereocenters. The van der Waals surface area contributed by atoms with Gasteiger partial charge in [-0.15, -0.1) is 11.3 Å². The first-order valence-corrected chi connectivity index (χ1v) is 13.6. The molecule has 6 rings (SSSR count). The van der Waals surface area contributed by atoms with Gasteiger partial charge in [0.15, 0.2) is 11.7 Å². The van der Waals surface area contributed by atoms with Gasteiger partial charge in [-0.3, -0.25) is 15.1 Å². The van der Waals surface area contributed by atoms with Gasteiger partial charge in [0.2, 0.25) is 0 Å². The highest BCUT2D eigenvalue weighted by atomic mass is 32.1. The Morgan fingerprint density at radius 3 is 2.46 bits per heavy atom. The Hall–Kier alpha value is -4.40. The minimum Gasteiger partial charge on any atom is -0.452 e. The van der Waals surface area contributed by atoms with E-state index in [0.717, 1.165) is 57.5 Å². The predicted molar refractivity (Wildman–Crippen MR) is 154 cm³/mol. The van der Waals surface area contributed by atoms with E-state index >= 15 is 0 Å². The smallest absolute Gasteiger partial charge is 0.339 e. The quantitative estimate of drug-likeness (QED) is 0.277. The number of hydrogen-bond acceptors (Lipinski definition) is 7. The summed E-state index contributed by atoms with van der Waals surface area (Å²) in [5.41, 5.74) is 7.03. The number of para-hydroxylation sites is 1. The number of benzene rings is 3. The zero-order chi connectivity index (χ0) is 26.8. The molecule has 8 heteroatoms. The number of pyridine rings is 1. The minimum absolute atomic E-state index is 0.402. The van der Waals surface area contributed by atoms with E-state index in [0.29, 0.717) is 17.2 Å². The maximum Gasteiger partial charge on any atom is 0.339 e. The summed E-state index contributed by atoms with van der Waals surface area (Å²) in [5, 5.41) is 5.83. The first-order chi connectivity index (χ1) is 19.0. The summed E-state index contributed by atoms with van der Waals surface area (Å²) in [6.45, 7) is 1.08. The molecule has 7 nitrogen and oxygen atoms in total. The van der Waals surface area contributed by atoms with E-state index in [9.17, 15) is 9.59 Å². The Bertz CT molecular complexity index is 1670. The first-order valence-electron chi connectivity index (χ1n) is 12.7. The molecule has 2 aromatic heterocycles. The third-order valence-electron chi connectivity index (χ3n) is 6.81. The van der Waals surface area contributed by atoms with Crippen molar-refractivity contribution in [2.24, 2.45) is 0 Å². The molecule has 0 saturated heterocycles. The van der Waals surface area contributed by atoms with E-state index in [1.165, 1.54) is 11.3 Å². The molecule has 0 atom stereocenters. The van der Waals surface area contributed by atoms with Crippen molar-refractivity contribution in [2.45, 2.75) is 13.0 Å². The van der Waals surface area contributed by atoms with Crippen LogP contribution in [0, 0.1) is 0 Å². The van der Waals surface area contributed by atoms with Crippen LogP contribution in [0.4, 0.5) is 5.13 Å². The van der Waals surface area contributed by atoms with Gasteiger partial charge in [-0.25, -0.2) is 9.78 Å². The van der Waals surface area contributed by atoms with Crippen LogP contribution in [0.2, 0.25) is 0 Å². The fourth-order valence-corrected chi connectivity index (χ4v) is 5.58. The minimum atomic E-state index is -0.520. The Kier molecular flexibility index (Phi) is 6.87. The highest BCUT2D eigenvalue weighted by Gasteiger charge is 2.26. The lowest BCUT2D eigenvalue weighted by Crippen LogP contribution is -2.30. The fourth-order valence-electron chi connectivity index (χ4n) is 4.84. The van der Waals surface area contributed by atoms with Crippen LogP contribution in [0.15, 0.2) is 84.2 Å². The monoisotopic (exact) mass is 534 g/mol. The lowest BCUT2D eigenvalue weighted by Gasteiger charge is -2.26. The molecule has 1 aliphatic heterocycles.